The third-order valence-corrected chi connectivity index (χ3v) is 3.76. The lowest BCUT2D eigenvalue weighted by Crippen LogP contribution is -2.17. The van der Waals surface area contributed by atoms with Crippen LogP contribution in [-0.2, 0) is 9.84 Å². The summed E-state index contributed by atoms with van der Waals surface area (Å²) in [5.74, 6) is -0.816. The van der Waals surface area contributed by atoms with E-state index >= 15 is 0 Å². The maximum atomic E-state index is 11.4. The van der Waals surface area contributed by atoms with Gasteiger partial charge in [0.25, 0.3) is 0 Å². The fraction of sp³-hybridized carbons (Fsp3) is 0.500. The van der Waals surface area contributed by atoms with Crippen molar-refractivity contribution in [1.29, 1.82) is 0 Å². The highest BCUT2D eigenvalue weighted by Gasteiger charge is 2.25. The van der Waals surface area contributed by atoms with Crippen LogP contribution in [0.15, 0.2) is 11.1 Å². The molecule has 1 heterocycles. The van der Waals surface area contributed by atoms with E-state index in [-0.39, 0.29) is 16.6 Å². The zero-order valence-corrected chi connectivity index (χ0v) is 10.1. The standard InChI is InChI=1S/C10H12N2O4S/c1-17(15,16)8-5-7(10(13)14)11-9(12-8)6-3-2-4-6/h5-6H,2-4H2,1H3,(H,13,14). The van der Waals surface area contributed by atoms with Crippen molar-refractivity contribution in [3.8, 4) is 0 Å². The van der Waals surface area contributed by atoms with Crippen LogP contribution in [0.1, 0.15) is 41.5 Å². The fourth-order valence-electron chi connectivity index (χ4n) is 1.59. The monoisotopic (exact) mass is 256 g/mol. The van der Waals surface area contributed by atoms with Crippen molar-refractivity contribution < 1.29 is 18.3 Å². The molecule has 0 radical (unpaired) electrons. The van der Waals surface area contributed by atoms with Crippen LogP contribution in [-0.4, -0.2) is 35.7 Å². The molecule has 1 aromatic heterocycles. The van der Waals surface area contributed by atoms with Crippen molar-refractivity contribution in [2.45, 2.75) is 30.2 Å². The van der Waals surface area contributed by atoms with E-state index in [4.69, 9.17) is 5.11 Å². The largest absolute Gasteiger partial charge is 0.477 e. The second-order valence-electron chi connectivity index (χ2n) is 4.15. The molecule has 17 heavy (non-hydrogen) atoms. The molecule has 0 saturated heterocycles. The van der Waals surface area contributed by atoms with Gasteiger partial charge >= 0.3 is 5.97 Å². The van der Waals surface area contributed by atoms with Crippen molar-refractivity contribution in [1.82, 2.24) is 9.97 Å². The number of carbonyl (C=O) groups is 1. The molecule has 1 saturated carbocycles. The number of hydrogen-bond donors (Lipinski definition) is 1. The Hall–Kier alpha value is -1.50. The number of rotatable bonds is 3. The highest BCUT2D eigenvalue weighted by Crippen LogP contribution is 2.34. The smallest absolute Gasteiger partial charge is 0.354 e. The molecule has 1 N–H and O–H groups in total. The average molecular weight is 256 g/mol. The lowest BCUT2D eigenvalue weighted by molar-refractivity contribution is 0.0689. The molecular weight excluding hydrogens is 244 g/mol. The predicted molar refractivity (Wildman–Crippen MR) is 58.7 cm³/mol. The summed E-state index contributed by atoms with van der Waals surface area (Å²) in [6.45, 7) is 0. The molecule has 0 aromatic carbocycles. The first-order valence-corrected chi connectivity index (χ1v) is 7.09. The molecule has 92 valence electrons. The van der Waals surface area contributed by atoms with E-state index in [1.54, 1.807) is 0 Å². The Morgan fingerprint density at radius 2 is 2.06 bits per heavy atom. The molecule has 7 heteroatoms. The van der Waals surface area contributed by atoms with Gasteiger partial charge in [0.15, 0.2) is 20.6 Å². The van der Waals surface area contributed by atoms with Gasteiger partial charge in [-0.1, -0.05) is 6.42 Å². The molecule has 0 unspecified atom stereocenters. The number of aromatic carboxylic acids is 1. The minimum absolute atomic E-state index is 0.0924. The topological polar surface area (TPSA) is 97.2 Å². The number of aromatic nitrogens is 2. The minimum atomic E-state index is -3.51. The third-order valence-electron chi connectivity index (χ3n) is 2.79. The van der Waals surface area contributed by atoms with E-state index in [0.29, 0.717) is 5.82 Å². The summed E-state index contributed by atoms with van der Waals surface area (Å²) in [5.41, 5.74) is -0.262. The van der Waals surface area contributed by atoms with Crippen LogP contribution in [0, 0.1) is 0 Å². The Bertz CT molecular complexity index is 564. The van der Waals surface area contributed by atoms with Gasteiger partial charge in [-0.25, -0.2) is 23.2 Å². The van der Waals surface area contributed by atoms with Crippen LogP contribution in [0.25, 0.3) is 0 Å². The van der Waals surface area contributed by atoms with Gasteiger partial charge in [0.1, 0.15) is 5.82 Å². The van der Waals surface area contributed by atoms with Gasteiger partial charge < -0.3 is 5.11 Å². The molecule has 0 spiro atoms. The first-order valence-electron chi connectivity index (χ1n) is 5.20. The normalized spacial score (nSPS) is 16.5. The Labute approximate surface area is 98.6 Å². The van der Waals surface area contributed by atoms with Crippen molar-refractivity contribution in [3.05, 3.63) is 17.6 Å². The van der Waals surface area contributed by atoms with E-state index in [9.17, 15) is 13.2 Å². The number of sulfone groups is 1. The molecule has 6 nitrogen and oxygen atoms in total. The molecule has 1 aromatic rings. The quantitative estimate of drug-likeness (QED) is 0.805. The second kappa shape index (κ2) is 4.06. The Kier molecular flexibility index (Phi) is 2.86. The first-order chi connectivity index (χ1) is 7.88. The molecule has 0 bridgehead atoms. The van der Waals surface area contributed by atoms with Crippen LogP contribution in [0.5, 0.6) is 0 Å². The lowest BCUT2D eigenvalue weighted by atomic mass is 9.85. The molecular formula is C10H12N2O4S. The highest BCUT2D eigenvalue weighted by atomic mass is 32.2. The maximum Gasteiger partial charge on any atom is 0.354 e. The molecule has 0 amide bonds. The van der Waals surface area contributed by atoms with Gasteiger partial charge in [-0.3, -0.25) is 0 Å². The van der Waals surface area contributed by atoms with Crippen molar-refractivity contribution in [2.24, 2.45) is 0 Å². The van der Waals surface area contributed by atoms with Crippen LogP contribution >= 0.6 is 0 Å². The Morgan fingerprint density at radius 3 is 2.47 bits per heavy atom. The Balaban J connectivity index is 2.53. The van der Waals surface area contributed by atoms with Gasteiger partial charge in [0, 0.05) is 18.2 Å². The fourth-order valence-corrected chi connectivity index (χ4v) is 2.18. The number of hydrogen-bond acceptors (Lipinski definition) is 5. The lowest BCUT2D eigenvalue weighted by Gasteiger charge is -2.24. The van der Waals surface area contributed by atoms with Crippen LogP contribution in [0.2, 0.25) is 0 Å². The zero-order valence-electron chi connectivity index (χ0n) is 9.25. The summed E-state index contributed by atoms with van der Waals surface area (Å²) < 4.78 is 22.8. The van der Waals surface area contributed by atoms with Crippen molar-refractivity contribution in [3.63, 3.8) is 0 Å². The van der Waals surface area contributed by atoms with E-state index in [1.165, 1.54) is 0 Å². The van der Waals surface area contributed by atoms with E-state index in [1.807, 2.05) is 0 Å². The van der Waals surface area contributed by atoms with Crippen LogP contribution in [0.4, 0.5) is 0 Å². The van der Waals surface area contributed by atoms with E-state index in [2.05, 4.69) is 9.97 Å². The summed E-state index contributed by atoms with van der Waals surface area (Å²) in [6, 6.07) is 1.000. The van der Waals surface area contributed by atoms with Crippen LogP contribution < -0.4 is 0 Å². The summed E-state index contributed by atoms with van der Waals surface area (Å²) in [5, 5.41) is 8.67. The van der Waals surface area contributed by atoms with E-state index < -0.39 is 15.8 Å². The number of carboxylic acids is 1. The molecule has 1 aliphatic rings. The highest BCUT2D eigenvalue weighted by molar-refractivity contribution is 7.90. The molecule has 2 rings (SSSR count). The third kappa shape index (κ3) is 2.44. The van der Waals surface area contributed by atoms with Crippen molar-refractivity contribution in [2.75, 3.05) is 6.26 Å². The van der Waals surface area contributed by atoms with Gasteiger partial charge in [0.05, 0.1) is 0 Å². The summed E-state index contributed by atoms with van der Waals surface area (Å²) >= 11 is 0. The molecule has 0 atom stereocenters. The Morgan fingerprint density at radius 1 is 1.41 bits per heavy atom. The molecule has 1 fully saturated rings. The second-order valence-corrected chi connectivity index (χ2v) is 6.12. The van der Waals surface area contributed by atoms with Gasteiger partial charge in [-0.05, 0) is 12.8 Å². The van der Waals surface area contributed by atoms with E-state index in [0.717, 1.165) is 31.6 Å². The first kappa shape index (κ1) is 12.0. The SMILES string of the molecule is CS(=O)(=O)c1cc(C(=O)O)nc(C2CCC2)n1. The van der Waals surface area contributed by atoms with Gasteiger partial charge in [-0.15, -0.1) is 0 Å². The minimum Gasteiger partial charge on any atom is -0.477 e. The predicted octanol–water partition coefficient (Wildman–Crippen LogP) is 0.846. The number of nitrogens with zero attached hydrogens (tertiary/aromatic N) is 2. The van der Waals surface area contributed by atoms with Gasteiger partial charge in [0.2, 0.25) is 0 Å². The zero-order chi connectivity index (χ0) is 12.6. The average Bonchev–Trinajstić information content (AvgIpc) is 2.13. The molecule has 0 aliphatic heterocycles. The summed E-state index contributed by atoms with van der Waals surface area (Å²) in [6.07, 6.45) is 3.81. The summed E-state index contributed by atoms with van der Waals surface area (Å²) in [4.78, 5) is 18.7. The maximum absolute atomic E-state index is 11.4. The van der Waals surface area contributed by atoms with Crippen molar-refractivity contribution >= 4 is 15.8 Å². The molecule has 1 aliphatic carbocycles. The van der Waals surface area contributed by atoms with Crippen LogP contribution in [0.3, 0.4) is 0 Å². The summed E-state index contributed by atoms with van der Waals surface area (Å²) in [7, 11) is -3.51. The number of carboxylic acid groups (broad SMARTS) is 1. The van der Waals surface area contributed by atoms with Gasteiger partial charge in [-0.2, -0.15) is 0 Å².